The lowest BCUT2D eigenvalue weighted by Gasteiger charge is -2.01. The van der Waals surface area contributed by atoms with Gasteiger partial charge in [0.25, 0.3) is 0 Å². The summed E-state index contributed by atoms with van der Waals surface area (Å²) >= 11 is 6.19. The third-order valence-electron chi connectivity index (χ3n) is 2.78. The van der Waals surface area contributed by atoms with Crippen LogP contribution in [-0.2, 0) is 7.05 Å². The van der Waals surface area contributed by atoms with Gasteiger partial charge in [0.2, 0.25) is 0 Å². The first-order valence-corrected chi connectivity index (χ1v) is 5.74. The van der Waals surface area contributed by atoms with Crippen LogP contribution in [0.5, 0.6) is 0 Å². The Morgan fingerprint density at radius 1 is 1.22 bits per heavy atom. The number of halogens is 1. The van der Waals surface area contributed by atoms with Crippen molar-refractivity contribution >= 4 is 28.5 Å². The highest BCUT2D eigenvalue weighted by Crippen LogP contribution is 2.33. The van der Waals surface area contributed by atoms with Gasteiger partial charge in [-0.2, -0.15) is 5.10 Å². The molecular weight excluding hydrogens is 250 g/mol. The average molecular weight is 260 g/mol. The fraction of sp³-hybridized carbons (Fsp3) is 0.0833. The minimum atomic E-state index is 0.406. The van der Waals surface area contributed by atoms with Gasteiger partial charge in [-0.1, -0.05) is 29.8 Å². The molecule has 0 spiro atoms. The molecule has 3 aromatic rings. The van der Waals surface area contributed by atoms with Gasteiger partial charge in [0.05, 0.1) is 10.4 Å². The summed E-state index contributed by atoms with van der Waals surface area (Å²) in [5, 5.41) is 5.79. The van der Waals surface area contributed by atoms with E-state index in [2.05, 4.69) is 15.1 Å². The number of aryl methyl sites for hydroxylation is 1. The van der Waals surface area contributed by atoms with E-state index in [0.717, 1.165) is 10.9 Å². The van der Waals surface area contributed by atoms with Crippen molar-refractivity contribution in [2.75, 3.05) is 5.73 Å². The third kappa shape index (κ3) is 1.52. The molecule has 2 heterocycles. The quantitative estimate of drug-likeness (QED) is 0.728. The average Bonchev–Trinajstić information content (AvgIpc) is 2.69. The Bertz CT molecular complexity index is 734. The molecule has 0 amide bonds. The fourth-order valence-electron chi connectivity index (χ4n) is 1.95. The molecule has 2 aromatic heterocycles. The number of aromatic nitrogens is 4. The molecular formula is C12H10ClN5. The van der Waals surface area contributed by atoms with Gasteiger partial charge in [-0.15, -0.1) is 0 Å². The highest BCUT2D eigenvalue weighted by Gasteiger charge is 2.16. The topological polar surface area (TPSA) is 69.6 Å². The van der Waals surface area contributed by atoms with Crippen LogP contribution in [-0.4, -0.2) is 19.7 Å². The van der Waals surface area contributed by atoms with E-state index in [4.69, 9.17) is 17.3 Å². The van der Waals surface area contributed by atoms with Crippen LogP contribution in [0.1, 0.15) is 0 Å². The standard InChI is InChI=1S/C12H10ClN5/c1-18-12-9(11(14)15-6-16-12)10(17-18)7-4-2-3-5-8(7)13/h2-6H,1H3,(H2,14,15,16). The van der Waals surface area contributed by atoms with E-state index in [1.807, 2.05) is 31.3 Å². The van der Waals surface area contributed by atoms with Gasteiger partial charge in [0, 0.05) is 12.6 Å². The normalized spacial score (nSPS) is 11.0. The molecule has 6 heteroatoms. The van der Waals surface area contributed by atoms with Crippen molar-refractivity contribution in [2.24, 2.45) is 7.05 Å². The van der Waals surface area contributed by atoms with Crippen molar-refractivity contribution in [3.63, 3.8) is 0 Å². The number of nitrogen functional groups attached to an aromatic ring is 1. The van der Waals surface area contributed by atoms with Gasteiger partial charge in [0.1, 0.15) is 17.8 Å². The van der Waals surface area contributed by atoms with Crippen LogP contribution in [0.4, 0.5) is 5.82 Å². The number of rotatable bonds is 1. The number of hydrogen-bond donors (Lipinski definition) is 1. The van der Waals surface area contributed by atoms with E-state index < -0.39 is 0 Å². The van der Waals surface area contributed by atoms with Gasteiger partial charge in [-0.3, -0.25) is 0 Å². The molecule has 0 bridgehead atoms. The van der Waals surface area contributed by atoms with Crippen molar-refractivity contribution in [3.8, 4) is 11.3 Å². The van der Waals surface area contributed by atoms with Crippen LogP contribution in [0.25, 0.3) is 22.3 Å². The lowest BCUT2D eigenvalue weighted by atomic mass is 10.1. The molecule has 90 valence electrons. The molecule has 5 nitrogen and oxygen atoms in total. The molecule has 0 radical (unpaired) electrons. The second-order valence-corrected chi connectivity index (χ2v) is 4.32. The summed E-state index contributed by atoms with van der Waals surface area (Å²) < 4.78 is 1.67. The zero-order chi connectivity index (χ0) is 12.7. The van der Waals surface area contributed by atoms with Crippen LogP contribution >= 0.6 is 11.6 Å². The second-order valence-electron chi connectivity index (χ2n) is 3.91. The molecule has 0 fully saturated rings. The summed E-state index contributed by atoms with van der Waals surface area (Å²) in [7, 11) is 1.81. The van der Waals surface area contributed by atoms with Crippen LogP contribution < -0.4 is 5.73 Å². The molecule has 3 rings (SSSR count). The first-order valence-electron chi connectivity index (χ1n) is 5.36. The zero-order valence-electron chi connectivity index (χ0n) is 9.63. The molecule has 0 aliphatic heterocycles. The van der Waals surface area contributed by atoms with Crippen LogP contribution in [0.3, 0.4) is 0 Å². The van der Waals surface area contributed by atoms with E-state index in [0.29, 0.717) is 22.2 Å². The van der Waals surface area contributed by atoms with Gasteiger partial charge in [-0.05, 0) is 6.07 Å². The first-order chi connectivity index (χ1) is 8.68. The lowest BCUT2D eigenvalue weighted by Crippen LogP contribution is -1.95. The molecule has 0 saturated carbocycles. The highest BCUT2D eigenvalue weighted by atomic mass is 35.5. The molecule has 1 aromatic carbocycles. The third-order valence-corrected chi connectivity index (χ3v) is 3.11. The van der Waals surface area contributed by atoms with E-state index in [-0.39, 0.29) is 0 Å². The molecule has 0 unspecified atom stereocenters. The largest absolute Gasteiger partial charge is 0.383 e. The SMILES string of the molecule is Cn1nc(-c2ccccc2Cl)c2c(N)ncnc21. The number of hydrogen-bond acceptors (Lipinski definition) is 4. The lowest BCUT2D eigenvalue weighted by molar-refractivity contribution is 0.789. The number of fused-ring (bicyclic) bond motifs is 1. The molecule has 2 N–H and O–H groups in total. The predicted molar refractivity (Wildman–Crippen MR) is 71.2 cm³/mol. The monoisotopic (exact) mass is 259 g/mol. The molecule has 0 aliphatic rings. The maximum absolute atomic E-state index is 6.19. The Morgan fingerprint density at radius 2 is 2.00 bits per heavy atom. The van der Waals surface area contributed by atoms with E-state index in [1.54, 1.807) is 4.68 Å². The summed E-state index contributed by atoms with van der Waals surface area (Å²) in [5.74, 6) is 0.406. The Morgan fingerprint density at radius 3 is 2.78 bits per heavy atom. The summed E-state index contributed by atoms with van der Waals surface area (Å²) in [5.41, 5.74) is 8.13. The summed E-state index contributed by atoms with van der Waals surface area (Å²) in [6.45, 7) is 0. The van der Waals surface area contributed by atoms with Crippen molar-refractivity contribution in [1.29, 1.82) is 0 Å². The van der Waals surface area contributed by atoms with Crippen LogP contribution in [0.2, 0.25) is 5.02 Å². The molecule has 0 saturated heterocycles. The first kappa shape index (κ1) is 11.0. The van der Waals surface area contributed by atoms with Crippen molar-refractivity contribution < 1.29 is 0 Å². The van der Waals surface area contributed by atoms with Crippen LogP contribution in [0.15, 0.2) is 30.6 Å². The number of anilines is 1. The molecule has 0 aliphatic carbocycles. The predicted octanol–water partition coefficient (Wildman–Crippen LogP) is 2.27. The smallest absolute Gasteiger partial charge is 0.163 e. The Hall–Kier alpha value is -2.14. The minimum absolute atomic E-state index is 0.406. The Kier molecular flexibility index (Phi) is 2.41. The van der Waals surface area contributed by atoms with Crippen molar-refractivity contribution in [1.82, 2.24) is 19.7 Å². The zero-order valence-corrected chi connectivity index (χ0v) is 10.4. The van der Waals surface area contributed by atoms with Gasteiger partial charge in [0.15, 0.2) is 5.65 Å². The van der Waals surface area contributed by atoms with E-state index in [9.17, 15) is 0 Å². The Labute approximate surface area is 108 Å². The fourth-order valence-corrected chi connectivity index (χ4v) is 2.18. The number of nitrogens with zero attached hydrogens (tertiary/aromatic N) is 4. The van der Waals surface area contributed by atoms with Crippen molar-refractivity contribution in [2.45, 2.75) is 0 Å². The maximum Gasteiger partial charge on any atom is 0.163 e. The number of nitrogens with two attached hydrogens (primary N) is 1. The maximum atomic E-state index is 6.19. The summed E-state index contributed by atoms with van der Waals surface area (Å²) in [4.78, 5) is 8.19. The highest BCUT2D eigenvalue weighted by molar-refractivity contribution is 6.33. The Balaban J connectivity index is 2.41. The van der Waals surface area contributed by atoms with Gasteiger partial charge in [-0.25, -0.2) is 14.6 Å². The van der Waals surface area contributed by atoms with Gasteiger partial charge < -0.3 is 5.73 Å². The summed E-state index contributed by atoms with van der Waals surface area (Å²) in [6, 6.07) is 7.49. The molecule has 18 heavy (non-hydrogen) atoms. The number of benzene rings is 1. The van der Waals surface area contributed by atoms with Crippen molar-refractivity contribution in [3.05, 3.63) is 35.6 Å². The van der Waals surface area contributed by atoms with Gasteiger partial charge >= 0.3 is 0 Å². The minimum Gasteiger partial charge on any atom is -0.383 e. The molecule has 0 atom stereocenters. The second kappa shape index (κ2) is 3.96. The summed E-state index contributed by atoms with van der Waals surface area (Å²) in [6.07, 6.45) is 1.43. The van der Waals surface area contributed by atoms with E-state index in [1.165, 1.54) is 6.33 Å². The van der Waals surface area contributed by atoms with Crippen LogP contribution in [0, 0.1) is 0 Å². The van der Waals surface area contributed by atoms with E-state index >= 15 is 0 Å².